The molecule has 2 fully saturated rings. The van der Waals surface area contributed by atoms with Crippen LogP contribution in [0.1, 0.15) is 37.2 Å². The van der Waals surface area contributed by atoms with Crippen LogP contribution < -0.4 is 10.1 Å². The monoisotopic (exact) mass is 400 g/mol. The molecule has 0 bridgehead atoms. The molecule has 0 aromatic heterocycles. The first kappa shape index (κ1) is 19.8. The highest BCUT2D eigenvalue weighted by atomic mass is 19.1. The summed E-state index contributed by atoms with van der Waals surface area (Å²) in [6.07, 6.45) is 3.37. The SMILES string of the molecule is O=C1CCCC[C@]2(CN(CCOc3ccc(F)cc3)C[C@H]2c2ccc(F)cc2)N1. The average Bonchev–Trinajstić information content (AvgIpc) is 2.93. The highest BCUT2D eigenvalue weighted by Gasteiger charge is 2.48. The highest BCUT2D eigenvalue weighted by molar-refractivity contribution is 5.77. The second-order valence-corrected chi connectivity index (χ2v) is 8.05. The van der Waals surface area contributed by atoms with Crippen LogP contribution in [-0.2, 0) is 4.79 Å². The summed E-state index contributed by atoms with van der Waals surface area (Å²) in [5, 5.41) is 3.30. The van der Waals surface area contributed by atoms with Gasteiger partial charge >= 0.3 is 0 Å². The Balaban J connectivity index is 1.47. The maximum Gasteiger partial charge on any atom is 0.220 e. The molecule has 2 aliphatic rings. The number of nitrogens with one attached hydrogen (secondary N) is 1. The van der Waals surface area contributed by atoms with E-state index >= 15 is 0 Å². The fraction of sp³-hybridized carbons (Fsp3) is 0.435. The summed E-state index contributed by atoms with van der Waals surface area (Å²) in [6.45, 7) is 2.70. The number of halogens is 2. The van der Waals surface area contributed by atoms with Crippen molar-refractivity contribution in [2.75, 3.05) is 26.2 Å². The molecule has 1 spiro atoms. The van der Waals surface area contributed by atoms with Gasteiger partial charge in [0, 0.05) is 32.0 Å². The molecule has 0 saturated carbocycles. The minimum absolute atomic E-state index is 0.0963. The Morgan fingerprint density at radius 3 is 2.45 bits per heavy atom. The maximum absolute atomic E-state index is 13.4. The van der Waals surface area contributed by atoms with E-state index in [1.807, 2.05) is 12.1 Å². The van der Waals surface area contributed by atoms with Crippen LogP contribution in [0.5, 0.6) is 5.75 Å². The first-order valence-electron chi connectivity index (χ1n) is 10.2. The number of likely N-dealkylation sites (tertiary alicyclic amines) is 1. The van der Waals surface area contributed by atoms with Gasteiger partial charge in [-0.1, -0.05) is 18.6 Å². The number of ether oxygens (including phenoxy) is 1. The summed E-state index contributed by atoms with van der Waals surface area (Å²) in [6, 6.07) is 12.6. The van der Waals surface area contributed by atoms with Crippen LogP contribution in [-0.4, -0.2) is 42.6 Å². The van der Waals surface area contributed by atoms with E-state index in [9.17, 15) is 13.6 Å². The number of hydrogen-bond acceptors (Lipinski definition) is 3. The van der Waals surface area contributed by atoms with Crippen molar-refractivity contribution >= 4 is 5.91 Å². The van der Waals surface area contributed by atoms with Crippen molar-refractivity contribution in [2.45, 2.75) is 37.1 Å². The van der Waals surface area contributed by atoms with E-state index < -0.39 is 0 Å². The Hall–Kier alpha value is -2.47. The molecule has 0 aliphatic carbocycles. The van der Waals surface area contributed by atoms with Gasteiger partial charge in [-0.05, 0) is 54.8 Å². The quantitative estimate of drug-likeness (QED) is 0.828. The van der Waals surface area contributed by atoms with E-state index in [0.29, 0.717) is 25.3 Å². The van der Waals surface area contributed by atoms with Gasteiger partial charge in [-0.25, -0.2) is 8.78 Å². The topological polar surface area (TPSA) is 41.6 Å². The van der Waals surface area contributed by atoms with Crippen LogP contribution in [0.4, 0.5) is 8.78 Å². The molecule has 0 unspecified atom stereocenters. The molecule has 2 aromatic rings. The van der Waals surface area contributed by atoms with E-state index in [4.69, 9.17) is 4.74 Å². The molecule has 6 heteroatoms. The van der Waals surface area contributed by atoms with Gasteiger partial charge in [-0.15, -0.1) is 0 Å². The molecule has 29 heavy (non-hydrogen) atoms. The second-order valence-electron chi connectivity index (χ2n) is 8.05. The van der Waals surface area contributed by atoms with Gasteiger partial charge in [0.25, 0.3) is 0 Å². The lowest BCUT2D eigenvalue weighted by atomic mass is 9.79. The smallest absolute Gasteiger partial charge is 0.220 e. The van der Waals surface area contributed by atoms with Crippen molar-refractivity contribution < 1.29 is 18.3 Å². The molecule has 4 nitrogen and oxygen atoms in total. The molecule has 2 aliphatic heterocycles. The average molecular weight is 400 g/mol. The minimum atomic E-state index is -0.332. The lowest BCUT2D eigenvalue weighted by Crippen LogP contribution is -2.52. The van der Waals surface area contributed by atoms with E-state index in [1.165, 1.54) is 24.3 Å². The van der Waals surface area contributed by atoms with Crippen molar-refractivity contribution in [2.24, 2.45) is 0 Å². The predicted octanol–water partition coefficient (Wildman–Crippen LogP) is 3.87. The lowest BCUT2D eigenvalue weighted by molar-refractivity contribution is -0.122. The molecule has 2 atom stereocenters. The fourth-order valence-corrected chi connectivity index (χ4v) is 4.63. The number of hydrogen-bond donors (Lipinski definition) is 1. The standard InChI is InChI=1S/C23H26F2N2O2/c24-18-6-4-17(5-7-18)21-15-27(13-14-29-20-10-8-19(25)9-11-20)16-23(21)12-2-1-3-22(28)26-23/h4-11,21H,1-3,12-16H2,(H,26,28)/t21-,23+/m0/s1. The molecule has 2 aromatic carbocycles. The molecule has 0 radical (unpaired) electrons. The van der Waals surface area contributed by atoms with Gasteiger partial charge in [-0.3, -0.25) is 9.69 Å². The van der Waals surface area contributed by atoms with Crippen LogP contribution in [0.2, 0.25) is 0 Å². The van der Waals surface area contributed by atoms with Crippen LogP contribution in [0, 0.1) is 11.6 Å². The lowest BCUT2D eigenvalue weighted by Gasteiger charge is -2.35. The summed E-state index contributed by atoms with van der Waals surface area (Å²) in [4.78, 5) is 14.7. The molecule has 2 heterocycles. The van der Waals surface area contributed by atoms with E-state index in [2.05, 4.69) is 10.2 Å². The number of carbonyl (C=O) groups excluding carboxylic acids is 1. The Morgan fingerprint density at radius 2 is 1.72 bits per heavy atom. The third kappa shape index (κ3) is 4.58. The van der Waals surface area contributed by atoms with Crippen LogP contribution >= 0.6 is 0 Å². The molecule has 154 valence electrons. The van der Waals surface area contributed by atoms with Crippen molar-refractivity contribution in [1.82, 2.24) is 10.2 Å². The third-order valence-electron chi connectivity index (χ3n) is 6.04. The summed E-state index contributed by atoms with van der Waals surface area (Å²) in [7, 11) is 0. The largest absolute Gasteiger partial charge is 0.492 e. The molecule has 2 saturated heterocycles. The Kier molecular flexibility index (Phi) is 5.81. The van der Waals surface area contributed by atoms with Crippen LogP contribution in [0.3, 0.4) is 0 Å². The summed E-state index contributed by atoms with van der Waals surface area (Å²) < 4.78 is 32.2. The Labute approximate surface area is 169 Å². The molecule has 1 N–H and O–H groups in total. The number of amides is 1. The first-order valence-corrected chi connectivity index (χ1v) is 10.2. The van der Waals surface area contributed by atoms with Gasteiger partial charge in [0.2, 0.25) is 5.91 Å². The number of carbonyl (C=O) groups is 1. The van der Waals surface area contributed by atoms with Gasteiger partial charge in [0.1, 0.15) is 24.0 Å². The molecular formula is C23H26F2N2O2. The van der Waals surface area contributed by atoms with Crippen molar-refractivity contribution in [3.05, 3.63) is 65.7 Å². The Morgan fingerprint density at radius 1 is 1.03 bits per heavy atom. The van der Waals surface area contributed by atoms with Crippen molar-refractivity contribution in [3.63, 3.8) is 0 Å². The van der Waals surface area contributed by atoms with Crippen molar-refractivity contribution in [1.29, 1.82) is 0 Å². The number of benzene rings is 2. The van der Waals surface area contributed by atoms with Gasteiger partial charge in [0.15, 0.2) is 0 Å². The molecular weight excluding hydrogens is 374 g/mol. The summed E-state index contributed by atoms with van der Waals surface area (Å²) in [5.74, 6) is 0.300. The first-order chi connectivity index (χ1) is 14.0. The maximum atomic E-state index is 13.4. The number of rotatable bonds is 5. The Bertz CT molecular complexity index is 841. The fourth-order valence-electron chi connectivity index (χ4n) is 4.63. The highest BCUT2D eigenvalue weighted by Crippen LogP contribution is 2.40. The van der Waals surface area contributed by atoms with Crippen LogP contribution in [0.15, 0.2) is 48.5 Å². The normalized spacial score (nSPS) is 25.0. The van der Waals surface area contributed by atoms with Gasteiger partial charge < -0.3 is 10.1 Å². The molecule has 1 amide bonds. The second kappa shape index (κ2) is 8.49. The third-order valence-corrected chi connectivity index (χ3v) is 6.04. The van der Waals surface area contributed by atoms with E-state index in [1.54, 1.807) is 12.1 Å². The van der Waals surface area contributed by atoms with Gasteiger partial charge in [0.05, 0.1) is 5.54 Å². The van der Waals surface area contributed by atoms with E-state index in [-0.39, 0.29) is 29.0 Å². The van der Waals surface area contributed by atoms with Crippen LogP contribution in [0.25, 0.3) is 0 Å². The zero-order chi connectivity index (χ0) is 20.3. The number of nitrogens with zero attached hydrogens (tertiary/aromatic N) is 1. The summed E-state index contributed by atoms with van der Waals surface area (Å²) >= 11 is 0. The zero-order valence-electron chi connectivity index (χ0n) is 16.4. The minimum Gasteiger partial charge on any atom is -0.492 e. The zero-order valence-corrected chi connectivity index (χ0v) is 16.4. The van der Waals surface area contributed by atoms with Crippen molar-refractivity contribution in [3.8, 4) is 5.75 Å². The van der Waals surface area contributed by atoms with E-state index in [0.717, 1.165) is 37.9 Å². The molecule has 4 rings (SSSR count). The van der Waals surface area contributed by atoms with Gasteiger partial charge in [-0.2, -0.15) is 0 Å². The predicted molar refractivity (Wildman–Crippen MR) is 107 cm³/mol. The summed E-state index contributed by atoms with van der Waals surface area (Å²) in [5.41, 5.74) is 0.719.